The van der Waals surface area contributed by atoms with Gasteiger partial charge in [-0.1, -0.05) is 23.8 Å². The molecule has 0 fully saturated rings. The molecular weight excluding hydrogens is 310 g/mol. The van der Waals surface area contributed by atoms with Gasteiger partial charge in [0.1, 0.15) is 17.2 Å². The summed E-state index contributed by atoms with van der Waals surface area (Å²) in [6, 6.07) is 10.9. The van der Waals surface area contributed by atoms with Crippen molar-refractivity contribution in [2.75, 3.05) is 5.32 Å². The first kappa shape index (κ1) is 15.2. The summed E-state index contributed by atoms with van der Waals surface area (Å²) < 4.78 is 52.7. The maximum atomic E-state index is 13.8. The molecule has 0 aliphatic heterocycles. The molecule has 0 saturated carbocycles. The highest BCUT2D eigenvalue weighted by molar-refractivity contribution is 5.91. The quantitative estimate of drug-likeness (QED) is 0.686. The minimum Gasteiger partial charge on any atom is -0.340 e. The van der Waals surface area contributed by atoms with E-state index in [2.05, 4.69) is 15.3 Å². The summed E-state index contributed by atoms with van der Waals surface area (Å²) in [7, 11) is 0. The summed E-state index contributed by atoms with van der Waals surface area (Å²) in [6.07, 6.45) is -4.76. The summed E-state index contributed by atoms with van der Waals surface area (Å²) in [5.74, 6) is -2.31. The van der Waals surface area contributed by atoms with E-state index < -0.39 is 17.8 Å². The average Bonchev–Trinajstić information content (AvgIpc) is 2.49. The molecule has 0 bridgehead atoms. The van der Waals surface area contributed by atoms with Crippen LogP contribution in [0.4, 0.5) is 29.1 Å². The van der Waals surface area contributed by atoms with E-state index in [1.807, 2.05) is 6.92 Å². The molecular formula is C16H11F4N3. The van der Waals surface area contributed by atoms with Crippen LogP contribution in [0.5, 0.6) is 0 Å². The Morgan fingerprint density at radius 2 is 1.65 bits per heavy atom. The lowest BCUT2D eigenvalue weighted by molar-refractivity contribution is -0.144. The second-order valence-electron chi connectivity index (χ2n) is 5.02. The Balaban J connectivity index is 2.17. The second kappa shape index (κ2) is 5.49. The number of halogens is 4. The van der Waals surface area contributed by atoms with Crippen molar-refractivity contribution in [2.24, 2.45) is 0 Å². The van der Waals surface area contributed by atoms with Crippen molar-refractivity contribution in [3.05, 3.63) is 59.7 Å². The SMILES string of the molecule is Cc1ccc(Nc2nc(C(F)(F)F)nc3c(F)cccc23)cc1. The molecule has 0 saturated heterocycles. The van der Waals surface area contributed by atoms with Crippen LogP contribution in [0, 0.1) is 12.7 Å². The van der Waals surface area contributed by atoms with Crippen molar-refractivity contribution >= 4 is 22.4 Å². The predicted octanol–water partition coefficient (Wildman–Crippen LogP) is 4.84. The average molecular weight is 321 g/mol. The fourth-order valence-electron chi connectivity index (χ4n) is 2.11. The number of para-hydroxylation sites is 1. The number of rotatable bonds is 2. The second-order valence-corrected chi connectivity index (χ2v) is 5.02. The van der Waals surface area contributed by atoms with E-state index in [1.165, 1.54) is 12.1 Å². The van der Waals surface area contributed by atoms with Gasteiger partial charge in [-0.05, 0) is 31.2 Å². The Kier molecular flexibility index (Phi) is 3.63. The van der Waals surface area contributed by atoms with Gasteiger partial charge in [0.25, 0.3) is 0 Å². The van der Waals surface area contributed by atoms with Crippen LogP contribution in [0.3, 0.4) is 0 Å². The fourth-order valence-corrected chi connectivity index (χ4v) is 2.11. The van der Waals surface area contributed by atoms with Crippen LogP contribution in [-0.4, -0.2) is 9.97 Å². The number of hydrogen-bond acceptors (Lipinski definition) is 3. The van der Waals surface area contributed by atoms with Crippen molar-refractivity contribution in [1.82, 2.24) is 9.97 Å². The predicted molar refractivity (Wildman–Crippen MR) is 79.0 cm³/mol. The number of aromatic nitrogens is 2. The highest BCUT2D eigenvalue weighted by Gasteiger charge is 2.36. The van der Waals surface area contributed by atoms with Crippen LogP contribution in [0.1, 0.15) is 11.4 Å². The van der Waals surface area contributed by atoms with Gasteiger partial charge in [0.15, 0.2) is 0 Å². The smallest absolute Gasteiger partial charge is 0.340 e. The Labute approximate surface area is 129 Å². The van der Waals surface area contributed by atoms with Gasteiger partial charge < -0.3 is 5.32 Å². The summed E-state index contributed by atoms with van der Waals surface area (Å²) >= 11 is 0. The Morgan fingerprint density at radius 3 is 2.30 bits per heavy atom. The lowest BCUT2D eigenvalue weighted by Gasteiger charge is -2.12. The van der Waals surface area contributed by atoms with Crippen LogP contribution in [0.15, 0.2) is 42.5 Å². The van der Waals surface area contributed by atoms with Crippen molar-refractivity contribution in [3.8, 4) is 0 Å². The molecule has 3 nitrogen and oxygen atoms in total. The van der Waals surface area contributed by atoms with E-state index in [-0.39, 0.29) is 16.7 Å². The van der Waals surface area contributed by atoms with Crippen molar-refractivity contribution in [3.63, 3.8) is 0 Å². The van der Waals surface area contributed by atoms with E-state index >= 15 is 0 Å². The fraction of sp³-hybridized carbons (Fsp3) is 0.125. The van der Waals surface area contributed by atoms with Crippen LogP contribution < -0.4 is 5.32 Å². The first-order valence-corrected chi connectivity index (χ1v) is 6.72. The molecule has 1 heterocycles. The molecule has 0 radical (unpaired) electrons. The summed E-state index contributed by atoms with van der Waals surface area (Å²) in [5.41, 5.74) is 1.18. The van der Waals surface area contributed by atoms with Gasteiger partial charge in [-0.3, -0.25) is 0 Å². The number of benzene rings is 2. The van der Waals surface area contributed by atoms with Crippen LogP contribution in [0.2, 0.25) is 0 Å². The maximum absolute atomic E-state index is 13.8. The highest BCUT2D eigenvalue weighted by atomic mass is 19.4. The van der Waals surface area contributed by atoms with E-state index in [4.69, 9.17) is 0 Å². The Morgan fingerprint density at radius 1 is 0.957 bits per heavy atom. The number of fused-ring (bicyclic) bond motifs is 1. The molecule has 23 heavy (non-hydrogen) atoms. The molecule has 3 rings (SSSR count). The number of nitrogens with zero attached hydrogens (tertiary/aromatic N) is 2. The Bertz CT molecular complexity index is 858. The topological polar surface area (TPSA) is 37.8 Å². The highest BCUT2D eigenvalue weighted by Crippen LogP contribution is 2.32. The molecule has 1 aromatic heterocycles. The van der Waals surface area contributed by atoms with Gasteiger partial charge in [-0.25, -0.2) is 14.4 Å². The lowest BCUT2D eigenvalue weighted by atomic mass is 10.2. The standard InChI is InChI=1S/C16H11F4N3/c1-9-5-7-10(8-6-9)21-14-11-3-2-4-12(17)13(11)22-15(23-14)16(18,19)20/h2-8H,1H3,(H,21,22,23). The normalized spacial score (nSPS) is 11.7. The van der Waals surface area contributed by atoms with Gasteiger partial charge in [-0.2, -0.15) is 13.2 Å². The van der Waals surface area contributed by atoms with Crippen LogP contribution in [-0.2, 0) is 6.18 Å². The molecule has 7 heteroatoms. The van der Waals surface area contributed by atoms with Crippen molar-refractivity contribution in [2.45, 2.75) is 13.1 Å². The zero-order valence-corrected chi connectivity index (χ0v) is 11.9. The van der Waals surface area contributed by atoms with Crippen LogP contribution in [0.25, 0.3) is 10.9 Å². The number of aryl methyl sites for hydroxylation is 1. The van der Waals surface area contributed by atoms with Crippen molar-refractivity contribution < 1.29 is 17.6 Å². The molecule has 0 atom stereocenters. The lowest BCUT2D eigenvalue weighted by Crippen LogP contribution is -2.13. The molecule has 3 aromatic rings. The maximum Gasteiger partial charge on any atom is 0.451 e. The minimum absolute atomic E-state index is 0.0920. The van der Waals surface area contributed by atoms with Gasteiger partial charge >= 0.3 is 6.18 Å². The van der Waals surface area contributed by atoms with E-state index in [1.54, 1.807) is 24.3 Å². The zero-order valence-electron chi connectivity index (χ0n) is 11.9. The molecule has 1 N–H and O–H groups in total. The molecule has 0 unspecified atom stereocenters. The molecule has 0 aliphatic carbocycles. The summed E-state index contributed by atoms with van der Waals surface area (Å²) in [4.78, 5) is 6.83. The monoisotopic (exact) mass is 321 g/mol. The Hall–Kier alpha value is -2.70. The molecule has 0 amide bonds. The summed E-state index contributed by atoms with van der Waals surface area (Å²) in [5, 5.41) is 2.98. The summed E-state index contributed by atoms with van der Waals surface area (Å²) in [6.45, 7) is 1.89. The minimum atomic E-state index is -4.76. The van der Waals surface area contributed by atoms with Gasteiger partial charge in [0, 0.05) is 11.1 Å². The third-order valence-electron chi connectivity index (χ3n) is 3.25. The first-order valence-electron chi connectivity index (χ1n) is 6.72. The third kappa shape index (κ3) is 3.08. The zero-order chi connectivity index (χ0) is 16.6. The van der Waals surface area contributed by atoms with E-state index in [9.17, 15) is 17.6 Å². The molecule has 118 valence electrons. The number of anilines is 2. The van der Waals surface area contributed by atoms with Gasteiger partial charge in [-0.15, -0.1) is 0 Å². The third-order valence-corrected chi connectivity index (χ3v) is 3.25. The van der Waals surface area contributed by atoms with Gasteiger partial charge in [0.05, 0.1) is 0 Å². The molecule has 0 aliphatic rings. The number of nitrogens with one attached hydrogen (secondary N) is 1. The first-order chi connectivity index (χ1) is 10.8. The largest absolute Gasteiger partial charge is 0.451 e. The van der Waals surface area contributed by atoms with Crippen LogP contribution >= 0.6 is 0 Å². The molecule has 0 spiro atoms. The van der Waals surface area contributed by atoms with E-state index in [0.717, 1.165) is 11.6 Å². The van der Waals surface area contributed by atoms with E-state index in [0.29, 0.717) is 5.69 Å². The number of alkyl halides is 3. The molecule has 2 aromatic carbocycles. The van der Waals surface area contributed by atoms with Crippen molar-refractivity contribution in [1.29, 1.82) is 0 Å². The number of hydrogen-bond donors (Lipinski definition) is 1. The van der Waals surface area contributed by atoms with Gasteiger partial charge in [0.2, 0.25) is 5.82 Å².